The van der Waals surface area contributed by atoms with Crippen molar-refractivity contribution in [3.05, 3.63) is 33.0 Å². The molecule has 0 spiro atoms. The summed E-state index contributed by atoms with van der Waals surface area (Å²) in [5, 5.41) is 3.96. The van der Waals surface area contributed by atoms with Crippen LogP contribution in [-0.4, -0.2) is 19.8 Å². The van der Waals surface area contributed by atoms with Gasteiger partial charge in [-0.25, -0.2) is 4.39 Å². The molecule has 2 atom stereocenters. The highest BCUT2D eigenvalue weighted by atomic mass is 79.9. The maximum atomic E-state index is 14.2. The first kappa shape index (κ1) is 15.2. The molecule has 2 unspecified atom stereocenters. The molecule has 0 aromatic heterocycles. The van der Waals surface area contributed by atoms with Gasteiger partial charge in [0, 0.05) is 28.6 Å². The van der Waals surface area contributed by atoms with E-state index in [1.54, 1.807) is 6.07 Å². The van der Waals surface area contributed by atoms with Crippen molar-refractivity contribution in [3.63, 3.8) is 0 Å². The Balaban J connectivity index is 2.28. The third-order valence-electron chi connectivity index (χ3n) is 3.43. The molecule has 1 aliphatic rings. The number of ether oxygens (including phenoxy) is 1. The minimum absolute atomic E-state index is 0.0342. The van der Waals surface area contributed by atoms with Gasteiger partial charge in [-0.15, -0.1) is 0 Å². The number of halogens is 3. The molecule has 1 aromatic rings. The monoisotopic (exact) mass is 349 g/mol. The van der Waals surface area contributed by atoms with Crippen LogP contribution in [-0.2, 0) is 4.74 Å². The van der Waals surface area contributed by atoms with Gasteiger partial charge >= 0.3 is 0 Å². The van der Waals surface area contributed by atoms with Gasteiger partial charge in [-0.3, -0.25) is 0 Å². The fourth-order valence-electron chi connectivity index (χ4n) is 2.42. The lowest BCUT2D eigenvalue weighted by atomic mass is 9.92. The van der Waals surface area contributed by atoms with Crippen molar-refractivity contribution in [2.45, 2.75) is 25.8 Å². The largest absolute Gasteiger partial charge is 0.381 e. The normalized spacial score (nSPS) is 20.7. The van der Waals surface area contributed by atoms with Gasteiger partial charge < -0.3 is 10.1 Å². The molecule has 0 radical (unpaired) electrons. The van der Waals surface area contributed by atoms with E-state index in [1.807, 2.05) is 0 Å². The number of nitrogens with one attached hydrogen (secondary N) is 1. The third kappa shape index (κ3) is 3.69. The van der Waals surface area contributed by atoms with Crippen LogP contribution in [0.15, 0.2) is 16.6 Å². The van der Waals surface area contributed by atoms with Crippen LogP contribution in [0.2, 0.25) is 5.02 Å². The molecule has 1 heterocycles. The van der Waals surface area contributed by atoms with E-state index < -0.39 is 0 Å². The zero-order chi connectivity index (χ0) is 13.8. The van der Waals surface area contributed by atoms with E-state index in [0.29, 0.717) is 27.6 Å². The first-order valence-corrected chi connectivity index (χ1v) is 7.76. The van der Waals surface area contributed by atoms with Gasteiger partial charge in [0.2, 0.25) is 0 Å². The molecule has 1 aromatic carbocycles. The summed E-state index contributed by atoms with van der Waals surface area (Å²) in [5.41, 5.74) is 0.636. The van der Waals surface area contributed by atoms with E-state index in [0.717, 1.165) is 26.0 Å². The predicted molar refractivity (Wildman–Crippen MR) is 79.1 cm³/mol. The van der Waals surface area contributed by atoms with Crippen molar-refractivity contribution in [2.75, 3.05) is 19.8 Å². The molecule has 0 bridgehead atoms. The van der Waals surface area contributed by atoms with Crippen LogP contribution in [0.25, 0.3) is 0 Å². The standard InChI is InChI=1S/C14H18BrClFNO/c1-2-4-18-14(9-3-5-19-8-9)10-6-12(16)11(15)7-13(10)17/h6-7,9,14,18H,2-5,8H2,1H3. The molecule has 1 fully saturated rings. The van der Waals surface area contributed by atoms with Gasteiger partial charge in [0.05, 0.1) is 11.6 Å². The zero-order valence-electron chi connectivity index (χ0n) is 10.9. The number of hydrogen-bond acceptors (Lipinski definition) is 2. The predicted octanol–water partition coefficient (Wildman–Crippen LogP) is 4.32. The molecule has 1 saturated heterocycles. The van der Waals surface area contributed by atoms with Crippen LogP contribution in [0.4, 0.5) is 4.39 Å². The fourth-order valence-corrected chi connectivity index (χ4v) is 2.91. The summed E-state index contributed by atoms with van der Waals surface area (Å²) < 4.78 is 20.2. The van der Waals surface area contributed by atoms with Crippen molar-refractivity contribution in [2.24, 2.45) is 5.92 Å². The van der Waals surface area contributed by atoms with Crippen molar-refractivity contribution in [3.8, 4) is 0 Å². The Morgan fingerprint density at radius 2 is 2.37 bits per heavy atom. The average Bonchev–Trinajstić information content (AvgIpc) is 2.89. The SMILES string of the molecule is CCCNC(c1cc(Cl)c(Br)cc1F)C1CCOC1. The highest BCUT2D eigenvalue weighted by Gasteiger charge is 2.29. The lowest BCUT2D eigenvalue weighted by Crippen LogP contribution is -2.30. The Hall–Kier alpha value is -0.160. The summed E-state index contributed by atoms with van der Waals surface area (Å²) in [6, 6.07) is 3.12. The van der Waals surface area contributed by atoms with Gasteiger partial charge in [0.25, 0.3) is 0 Å². The number of benzene rings is 1. The third-order valence-corrected chi connectivity index (χ3v) is 4.62. The molecular formula is C14H18BrClFNO. The molecule has 2 rings (SSSR count). The molecule has 1 aliphatic heterocycles. The van der Waals surface area contributed by atoms with E-state index >= 15 is 0 Å². The second-order valence-corrected chi connectivity index (χ2v) is 6.10. The molecule has 2 nitrogen and oxygen atoms in total. The molecule has 5 heteroatoms. The second kappa shape index (κ2) is 7.02. The highest BCUT2D eigenvalue weighted by molar-refractivity contribution is 9.10. The Labute approximate surface area is 126 Å². The van der Waals surface area contributed by atoms with Crippen molar-refractivity contribution >= 4 is 27.5 Å². The fraction of sp³-hybridized carbons (Fsp3) is 0.571. The van der Waals surface area contributed by atoms with Gasteiger partial charge in [0.1, 0.15) is 5.82 Å². The van der Waals surface area contributed by atoms with Gasteiger partial charge in [-0.2, -0.15) is 0 Å². The second-order valence-electron chi connectivity index (χ2n) is 4.84. The smallest absolute Gasteiger partial charge is 0.129 e. The average molecular weight is 351 g/mol. The summed E-state index contributed by atoms with van der Waals surface area (Å²) in [6.07, 6.45) is 1.96. The zero-order valence-corrected chi connectivity index (χ0v) is 13.2. The van der Waals surface area contributed by atoms with Crippen LogP contribution in [0.3, 0.4) is 0 Å². The van der Waals surface area contributed by atoms with Crippen molar-refractivity contribution < 1.29 is 9.13 Å². The van der Waals surface area contributed by atoms with E-state index in [1.165, 1.54) is 6.07 Å². The Kier molecular flexibility index (Phi) is 5.63. The molecule has 0 saturated carbocycles. The highest BCUT2D eigenvalue weighted by Crippen LogP contribution is 2.34. The first-order valence-electron chi connectivity index (χ1n) is 6.59. The van der Waals surface area contributed by atoms with Gasteiger partial charge in [-0.1, -0.05) is 18.5 Å². The summed E-state index contributed by atoms with van der Waals surface area (Å²) in [5.74, 6) is 0.0788. The first-order chi connectivity index (χ1) is 9.13. The molecule has 106 valence electrons. The maximum Gasteiger partial charge on any atom is 0.129 e. The summed E-state index contributed by atoms with van der Waals surface area (Å²) in [7, 11) is 0. The lowest BCUT2D eigenvalue weighted by molar-refractivity contribution is 0.176. The maximum absolute atomic E-state index is 14.2. The minimum atomic E-state index is -0.225. The minimum Gasteiger partial charge on any atom is -0.381 e. The summed E-state index contributed by atoms with van der Waals surface area (Å²) >= 11 is 9.35. The summed E-state index contributed by atoms with van der Waals surface area (Å²) in [4.78, 5) is 0. The number of rotatable bonds is 5. The molecule has 19 heavy (non-hydrogen) atoms. The van der Waals surface area contributed by atoms with Crippen LogP contribution in [0, 0.1) is 11.7 Å². The van der Waals surface area contributed by atoms with Crippen molar-refractivity contribution in [1.82, 2.24) is 5.32 Å². The van der Waals surface area contributed by atoms with Gasteiger partial charge in [-0.05, 0) is 47.4 Å². The quantitative estimate of drug-likeness (QED) is 0.799. The van der Waals surface area contributed by atoms with E-state index in [9.17, 15) is 4.39 Å². The van der Waals surface area contributed by atoms with Crippen molar-refractivity contribution in [1.29, 1.82) is 0 Å². The summed E-state index contributed by atoms with van der Waals surface area (Å²) in [6.45, 7) is 4.38. The van der Waals surface area contributed by atoms with E-state index in [4.69, 9.17) is 16.3 Å². The topological polar surface area (TPSA) is 21.3 Å². The molecule has 0 amide bonds. The Morgan fingerprint density at radius 3 is 3.00 bits per heavy atom. The molecule has 1 N–H and O–H groups in total. The van der Waals surface area contributed by atoms with Crippen LogP contribution >= 0.6 is 27.5 Å². The van der Waals surface area contributed by atoms with Crippen LogP contribution in [0.5, 0.6) is 0 Å². The lowest BCUT2D eigenvalue weighted by Gasteiger charge is -2.25. The van der Waals surface area contributed by atoms with E-state index in [2.05, 4.69) is 28.2 Å². The van der Waals surface area contributed by atoms with Crippen LogP contribution in [0.1, 0.15) is 31.4 Å². The van der Waals surface area contributed by atoms with Gasteiger partial charge in [0.15, 0.2) is 0 Å². The van der Waals surface area contributed by atoms with Crippen LogP contribution < -0.4 is 5.32 Å². The number of hydrogen-bond donors (Lipinski definition) is 1. The van der Waals surface area contributed by atoms with E-state index in [-0.39, 0.29) is 11.9 Å². The Morgan fingerprint density at radius 1 is 1.58 bits per heavy atom. The Bertz CT molecular complexity index is 438. The molecular weight excluding hydrogens is 333 g/mol. The molecule has 0 aliphatic carbocycles.